The lowest BCUT2D eigenvalue weighted by atomic mass is 9.42. The minimum absolute atomic E-state index is 0.0344. The molecule has 9 atom stereocenters. The Bertz CT molecular complexity index is 1150. The summed E-state index contributed by atoms with van der Waals surface area (Å²) in [5, 5.41) is 32.5. The molecular formula is C30H42O8. The van der Waals surface area contributed by atoms with Gasteiger partial charge in [0.25, 0.3) is 0 Å². The van der Waals surface area contributed by atoms with Crippen molar-refractivity contribution in [2.45, 2.75) is 99.2 Å². The summed E-state index contributed by atoms with van der Waals surface area (Å²) in [5.41, 5.74) is -3.37. The number of carboxylic acids is 1. The number of ketones is 4. The summed E-state index contributed by atoms with van der Waals surface area (Å²) in [7, 11) is 0. The minimum Gasteiger partial charge on any atom is -0.481 e. The fourth-order valence-corrected chi connectivity index (χ4v) is 8.95. The molecule has 38 heavy (non-hydrogen) atoms. The summed E-state index contributed by atoms with van der Waals surface area (Å²) in [4.78, 5) is 64.8. The summed E-state index contributed by atoms with van der Waals surface area (Å²) in [6, 6.07) is 0. The van der Waals surface area contributed by atoms with Gasteiger partial charge in [0.15, 0.2) is 5.78 Å². The van der Waals surface area contributed by atoms with E-state index < -0.39 is 57.5 Å². The van der Waals surface area contributed by atoms with Crippen LogP contribution >= 0.6 is 0 Å². The van der Waals surface area contributed by atoms with E-state index in [1.807, 2.05) is 27.7 Å². The van der Waals surface area contributed by atoms with E-state index >= 15 is 0 Å². The van der Waals surface area contributed by atoms with Gasteiger partial charge < -0.3 is 15.3 Å². The van der Waals surface area contributed by atoms with Crippen LogP contribution in [0.3, 0.4) is 0 Å². The van der Waals surface area contributed by atoms with E-state index in [2.05, 4.69) is 0 Å². The molecule has 8 heteroatoms. The average molecular weight is 531 g/mol. The highest BCUT2D eigenvalue weighted by Gasteiger charge is 2.73. The van der Waals surface area contributed by atoms with Gasteiger partial charge in [-0.2, -0.15) is 0 Å². The first-order chi connectivity index (χ1) is 17.4. The van der Waals surface area contributed by atoms with Crippen LogP contribution in [0.15, 0.2) is 11.1 Å². The van der Waals surface area contributed by atoms with E-state index in [9.17, 15) is 39.3 Å². The lowest BCUT2D eigenvalue weighted by Gasteiger charge is -2.61. The van der Waals surface area contributed by atoms with Gasteiger partial charge in [-0.05, 0) is 43.1 Å². The lowest BCUT2D eigenvalue weighted by Crippen LogP contribution is -2.64. The number of rotatable bonds is 6. The van der Waals surface area contributed by atoms with Crippen LogP contribution in [0.25, 0.3) is 0 Å². The third kappa shape index (κ3) is 3.58. The molecule has 2 unspecified atom stereocenters. The number of aliphatic carboxylic acids is 1. The van der Waals surface area contributed by atoms with Crippen molar-refractivity contribution in [1.29, 1.82) is 0 Å². The number of aliphatic hydroxyl groups excluding tert-OH is 2. The van der Waals surface area contributed by atoms with E-state index in [0.717, 1.165) is 0 Å². The first-order valence-corrected chi connectivity index (χ1v) is 13.8. The maximum atomic E-state index is 14.1. The van der Waals surface area contributed by atoms with Crippen molar-refractivity contribution < 1.29 is 39.3 Å². The van der Waals surface area contributed by atoms with Crippen molar-refractivity contribution in [3.8, 4) is 0 Å². The molecule has 0 bridgehead atoms. The predicted molar refractivity (Wildman–Crippen MR) is 138 cm³/mol. The third-order valence-electron chi connectivity index (χ3n) is 11.5. The Morgan fingerprint density at radius 1 is 0.974 bits per heavy atom. The first-order valence-electron chi connectivity index (χ1n) is 13.8. The van der Waals surface area contributed by atoms with Gasteiger partial charge in [0.05, 0.1) is 17.4 Å². The van der Waals surface area contributed by atoms with E-state index in [4.69, 9.17) is 0 Å². The Hall–Kier alpha value is -2.19. The molecule has 0 aliphatic heterocycles. The number of Topliss-reactive ketones (excluding diaryl/α,β-unsaturated/α-hetero) is 4. The van der Waals surface area contributed by atoms with Gasteiger partial charge in [-0.25, -0.2) is 0 Å². The number of hydrogen-bond donors (Lipinski definition) is 3. The molecule has 210 valence electrons. The highest BCUT2D eigenvalue weighted by atomic mass is 16.4. The number of aliphatic hydroxyl groups is 2. The summed E-state index contributed by atoms with van der Waals surface area (Å²) in [5.74, 6) is -3.91. The number of carbonyl (C=O) groups is 5. The zero-order valence-electron chi connectivity index (χ0n) is 23.6. The number of carbonyl (C=O) groups excluding carboxylic acids is 4. The summed E-state index contributed by atoms with van der Waals surface area (Å²) >= 11 is 0. The fraction of sp³-hybridized carbons (Fsp3) is 0.767. The molecule has 3 N–H and O–H groups in total. The van der Waals surface area contributed by atoms with Gasteiger partial charge in [0, 0.05) is 47.5 Å². The molecule has 0 heterocycles. The van der Waals surface area contributed by atoms with E-state index in [0.29, 0.717) is 17.6 Å². The molecule has 0 amide bonds. The second kappa shape index (κ2) is 8.91. The highest BCUT2D eigenvalue weighted by molar-refractivity contribution is 6.08. The van der Waals surface area contributed by atoms with Crippen LogP contribution in [0.1, 0.15) is 87.0 Å². The normalized spacial score (nSPS) is 41.8. The Balaban J connectivity index is 1.80. The number of hydrogen-bond acceptors (Lipinski definition) is 7. The Labute approximate surface area is 224 Å². The topological polar surface area (TPSA) is 146 Å². The van der Waals surface area contributed by atoms with Crippen molar-refractivity contribution in [3.05, 3.63) is 11.1 Å². The number of fused-ring (bicyclic) bond motifs is 4. The molecule has 8 nitrogen and oxygen atoms in total. The van der Waals surface area contributed by atoms with Crippen LogP contribution in [0.5, 0.6) is 0 Å². The molecule has 4 aliphatic rings. The summed E-state index contributed by atoms with van der Waals surface area (Å²) in [6.45, 7) is 12.4. The van der Waals surface area contributed by atoms with Crippen LogP contribution in [-0.4, -0.2) is 56.6 Å². The molecule has 2 saturated carbocycles. The smallest absolute Gasteiger partial charge is 0.306 e. The fourth-order valence-electron chi connectivity index (χ4n) is 8.95. The number of carboxylic acid groups (broad SMARTS) is 1. The van der Waals surface area contributed by atoms with Crippen LogP contribution in [0, 0.1) is 45.3 Å². The SMILES string of the molecule is CC(CC(=O)C[C@H](C)[C@@H]1CC(=O)[C@]2(C)C3=C(C(=O)[C@H](O)[C@@]12C)[C@]1(C)CCC(=O)C(C)(C)C1C[C@H]3O)C(=O)O. The van der Waals surface area contributed by atoms with E-state index in [1.165, 1.54) is 6.92 Å². The van der Waals surface area contributed by atoms with Crippen LogP contribution in [0.2, 0.25) is 0 Å². The molecule has 0 saturated heterocycles. The van der Waals surface area contributed by atoms with Crippen LogP contribution in [-0.2, 0) is 24.0 Å². The van der Waals surface area contributed by atoms with Crippen molar-refractivity contribution in [3.63, 3.8) is 0 Å². The second-order valence-corrected chi connectivity index (χ2v) is 13.7. The molecule has 2 fully saturated rings. The molecule has 4 rings (SSSR count). The molecule has 0 spiro atoms. The Morgan fingerprint density at radius 3 is 2.16 bits per heavy atom. The zero-order chi connectivity index (χ0) is 28.7. The lowest BCUT2D eigenvalue weighted by molar-refractivity contribution is -0.158. The second-order valence-electron chi connectivity index (χ2n) is 13.7. The van der Waals surface area contributed by atoms with E-state index in [-0.39, 0.29) is 61.3 Å². The van der Waals surface area contributed by atoms with E-state index in [1.54, 1.807) is 13.8 Å². The van der Waals surface area contributed by atoms with Crippen LogP contribution in [0.4, 0.5) is 0 Å². The van der Waals surface area contributed by atoms with Gasteiger partial charge >= 0.3 is 5.97 Å². The van der Waals surface area contributed by atoms with Crippen molar-refractivity contribution in [1.82, 2.24) is 0 Å². The molecule has 0 aromatic carbocycles. The largest absolute Gasteiger partial charge is 0.481 e. The standard InChI is InChI=1S/C30H42O8/c1-14(10-16(31)11-15(2)26(37)38)17-12-21(34)30(7)22-18(32)13-19-27(3,4)20(33)8-9-28(19,5)23(22)24(35)25(36)29(17,30)6/h14-15,17-19,25,32,36H,8-13H2,1-7H3,(H,37,38)/t14-,15?,17-,18+,19?,25-,28+,29+,30+/m0/s1. The van der Waals surface area contributed by atoms with Crippen molar-refractivity contribution in [2.24, 2.45) is 45.3 Å². The molecular weight excluding hydrogens is 488 g/mol. The van der Waals surface area contributed by atoms with Crippen LogP contribution < -0.4 is 0 Å². The average Bonchev–Trinajstić information content (AvgIpc) is 3.03. The highest BCUT2D eigenvalue weighted by Crippen LogP contribution is 2.70. The monoisotopic (exact) mass is 530 g/mol. The zero-order valence-corrected chi connectivity index (χ0v) is 23.6. The van der Waals surface area contributed by atoms with Gasteiger partial charge in [-0.1, -0.05) is 41.5 Å². The minimum atomic E-state index is -1.51. The molecule has 4 aliphatic carbocycles. The van der Waals surface area contributed by atoms with Gasteiger partial charge in [0.1, 0.15) is 23.5 Å². The molecule has 0 aromatic rings. The molecule has 0 radical (unpaired) electrons. The maximum Gasteiger partial charge on any atom is 0.306 e. The quantitative estimate of drug-likeness (QED) is 0.474. The maximum absolute atomic E-state index is 14.1. The summed E-state index contributed by atoms with van der Waals surface area (Å²) in [6.07, 6.45) is -1.71. The first kappa shape index (κ1) is 28.8. The predicted octanol–water partition coefficient (Wildman–Crippen LogP) is 3.31. The Kier molecular flexibility index (Phi) is 6.76. The van der Waals surface area contributed by atoms with Gasteiger partial charge in [-0.15, -0.1) is 0 Å². The Morgan fingerprint density at radius 2 is 1.58 bits per heavy atom. The third-order valence-corrected chi connectivity index (χ3v) is 11.5. The van der Waals surface area contributed by atoms with Crippen molar-refractivity contribution >= 4 is 29.1 Å². The van der Waals surface area contributed by atoms with Crippen molar-refractivity contribution in [2.75, 3.05) is 0 Å². The van der Waals surface area contributed by atoms with Gasteiger partial charge in [-0.3, -0.25) is 24.0 Å². The summed E-state index contributed by atoms with van der Waals surface area (Å²) < 4.78 is 0. The van der Waals surface area contributed by atoms with Gasteiger partial charge in [0.2, 0.25) is 0 Å². The molecule has 0 aromatic heterocycles.